The second kappa shape index (κ2) is 10.4. The van der Waals surface area contributed by atoms with Crippen molar-refractivity contribution in [1.29, 1.82) is 0 Å². The van der Waals surface area contributed by atoms with Crippen LogP contribution in [0.2, 0.25) is 5.02 Å². The van der Waals surface area contributed by atoms with Gasteiger partial charge in [-0.15, -0.1) is 0 Å². The SMILES string of the molecule is COc1ccc(C(=O)NC2CCN(C(=O)C(C)Oc3ccc(Cl)cc3)CC2)cc1OC. The predicted molar refractivity (Wildman–Crippen MR) is 118 cm³/mol. The number of carbonyl (C=O) groups excluding carboxylic acids is 2. The van der Waals surface area contributed by atoms with Crippen LogP contribution in [-0.4, -0.2) is 56.2 Å². The molecule has 2 amide bonds. The van der Waals surface area contributed by atoms with Gasteiger partial charge in [0.2, 0.25) is 0 Å². The van der Waals surface area contributed by atoms with Gasteiger partial charge in [-0.3, -0.25) is 9.59 Å². The molecule has 0 aromatic heterocycles. The fourth-order valence-electron chi connectivity index (χ4n) is 3.52. The molecule has 166 valence electrons. The van der Waals surface area contributed by atoms with E-state index in [0.29, 0.717) is 53.8 Å². The molecule has 1 saturated heterocycles. The van der Waals surface area contributed by atoms with Gasteiger partial charge in [-0.25, -0.2) is 0 Å². The van der Waals surface area contributed by atoms with Crippen LogP contribution in [0.3, 0.4) is 0 Å². The lowest BCUT2D eigenvalue weighted by Gasteiger charge is -2.33. The van der Waals surface area contributed by atoms with Gasteiger partial charge in [0.15, 0.2) is 17.6 Å². The molecule has 1 unspecified atom stereocenters. The highest BCUT2D eigenvalue weighted by Gasteiger charge is 2.28. The Morgan fingerprint density at radius 2 is 1.68 bits per heavy atom. The molecule has 2 aromatic rings. The van der Waals surface area contributed by atoms with E-state index in [0.717, 1.165) is 0 Å². The second-order valence-electron chi connectivity index (χ2n) is 7.36. The third-order valence-electron chi connectivity index (χ3n) is 5.26. The summed E-state index contributed by atoms with van der Waals surface area (Å²) < 4.78 is 16.2. The largest absolute Gasteiger partial charge is 0.493 e. The molecule has 1 aliphatic heterocycles. The summed E-state index contributed by atoms with van der Waals surface area (Å²) in [4.78, 5) is 27.1. The molecule has 1 atom stereocenters. The van der Waals surface area contributed by atoms with Crippen molar-refractivity contribution in [2.75, 3.05) is 27.3 Å². The molecule has 1 N–H and O–H groups in total. The van der Waals surface area contributed by atoms with Crippen LogP contribution in [0.4, 0.5) is 0 Å². The number of benzene rings is 2. The molecule has 2 aromatic carbocycles. The molecule has 31 heavy (non-hydrogen) atoms. The van der Waals surface area contributed by atoms with Crippen molar-refractivity contribution in [3.05, 3.63) is 53.1 Å². The van der Waals surface area contributed by atoms with Gasteiger partial charge in [0.25, 0.3) is 11.8 Å². The van der Waals surface area contributed by atoms with E-state index in [9.17, 15) is 9.59 Å². The topological polar surface area (TPSA) is 77.1 Å². The number of likely N-dealkylation sites (tertiary alicyclic amines) is 1. The molecule has 0 bridgehead atoms. The first-order valence-corrected chi connectivity index (χ1v) is 10.5. The number of hydrogen-bond acceptors (Lipinski definition) is 5. The first kappa shape index (κ1) is 22.7. The maximum Gasteiger partial charge on any atom is 0.263 e. The molecule has 8 heteroatoms. The van der Waals surface area contributed by atoms with Gasteiger partial charge in [0.05, 0.1) is 14.2 Å². The smallest absolute Gasteiger partial charge is 0.263 e. The minimum absolute atomic E-state index is 0.00265. The third-order valence-corrected chi connectivity index (χ3v) is 5.51. The van der Waals surface area contributed by atoms with Crippen molar-refractivity contribution in [2.45, 2.75) is 31.9 Å². The van der Waals surface area contributed by atoms with Crippen molar-refractivity contribution >= 4 is 23.4 Å². The number of rotatable bonds is 7. The van der Waals surface area contributed by atoms with Crippen molar-refractivity contribution in [3.63, 3.8) is 0 Å². The number of halogens is 1. The average molecular weight is 447 g/mol. The van der Waals surface area contributed by atoms with Crippen LogP contribution in [0, 0.1) is 0 Å². The molecule has 7 nitrogen and oxygen atoms in total. The number of nitrogens with zero attached hydrogens (tertiary/aromatic N) is 1. The fraction of sp³-hybridized carbons (Fsp3) is 0.391. The highest BCUT2D eigenvalue weighted by Crippen LogP contribution is 2.27. The Morgan fingerprint density at radius 3 is 2.29 bits per heavy atom. The number of hydrogen-bond donors (Lipinski definition) is 1. The Balaban J connectivity index is 1.50. The maximum absolute atomic E-state index is 12.7. The van der Waals surface area contributed by atoms with Crippen LogP contribution in [-0.2, 0) is 4.79 Å². The standard InChI is InChI=1S/C23H27ClN2O5/c1-15(31-19-7-5-17(24)6-8-19)23(28)26-12-10-18(11-13-26)25-22(27)16-4-9-20(29-2)21(14-16)30-3/h4-9,14-15,18H,10-13H2,1-3H3,(H,25,27). The molecule has 0 radical (unpaired) electrons. The van der Waals surface area contributed by atoms with Gasteiger partial charge in [-0.1, -0.05) is 11.6 Å². The second-order valence-corrected chi connectivity index (χ2v) is 7.79. The van der Waals surface area contributed by atoms with Crippen molar-refractivity contribution in [3.8, 4) is 17.2 Å². The van der Waals surface area contributed by atoms with Crippen LogP contribution in [0.25, 0.3) is 0 Å². The third kappa shape index (κ3) is 5.82. The van der Waals surface area contributed by atoms with Crippen LogP contribution < -0.4 is 19.5 Å². The monoisotopic (exact) mass is 446 g/mol. The summed E-state index contributed by atoms with van der Waals surface area (Å²) in [6.45, 7) is 2.86. The minimum atomic E-state index is -0.598. The molecular weight excluding hydrogens is 420 g/mol. The van der Waals surface area contributed by atoms with Crippen LogP contribution >= 0.6 is 11.6 Å². The van der Waals surface area contributed by atoms with E-state index in [1.807, 2.05) is 0 Å². The highest BCUT2D eigenvalue weighted by atomic mass is 35.5. The zero-order valence-corrected chi connectivity index (χ0v) is 18.6. The van der Waals surface area contributed by atoms with Crippen molar-refractivity contribution in [2.24, 2.45) is 0 Å². The Bertz CT molecular complexity index is 911. The van der Waals surface area contributed by atoms with Crippen LogP contribution in [0.15, 0.2) is 42.5 Å². The van der Waals surface area contributed by atoms with Gasteiger partial charge in [0, 0.05) is 29.7 Å². The number of nitrogens with one attached hydrogen (secondary N) is 1. The molecule has 0 spiro atoms. The molecule has 1 heterocycles. The minimum Gasteiger partial charge on any atom is -0.493 e. The highest BCUT2D eigenvalue weighted by molar-refractivity contribution is 6.30. The van der Waals surface area contributed by atoms with E-state index in [2.05, 4.69) is 5.32 Å². The Kier molecular flexibility index (Phi) is 7.63. The van der Waals surface area contributed by atoms with Gasteiger partial charge in [-0.05, 0) is 62.2 Å². The molecule has 0 saturated carbocycles. The molecule has 1 fully saturated rings. The average Bonchev–Trinajstić information content (AvgIpc) is 2.80. The zero-order chi connectivity index (χ0) is 22.4. The summed E-state index contributed by atoms with van der Waals surface area (Å²) in [5.41, 5.74) is 0.501. The first-order valence-electron chi connectivity index (χ1n) is 10.1. The summed E-state index contributed by atoms with van der Waals surface area (Å²) >= 11 is 5.88. The molecule has 3 rings (SSSR count). The van der Waals surface area contributed by atoms with E-state index in [4.69, 9.17) is 25.8 Å². The number of ether oxygens (including phenoxy) is 3. The number of carbonyl (C=O) groups is 2. The quantitative estimate of drug-likeness (QED) is 0.703. The summed E-state index contributed by atoms with van der Waals surface area (Å²) in [6.07, 6.45) is 0.760. The van der Waals surface area contributed by atoms with E-state index in [-0.39, 0.29) is 17.9 Å². The predicted octanol–water partition coefficient (Wildman–Crippen LogP) is 3.55. The first-order chi connectivity index (χ1) is 14.9. The summed E-state index contributed by atoms with van der Waals surface area (Å²) in [7, 11) is 3.08. The molecule has 0 aliphatic carbocycles. The lowest BCUT2D eigenvalue weighted by atomic mass is 10.0. The van der Waals surface area contributed by atoms with Crippen LogP contribution in [0.1, 0.15) is 30.1 Å². The molecular formula is C23H27ClN2O5. The van der Waals surface area contributed by atoms with E-state index >= 15 is 0 Å². The number of methoxy groups -OCH3 is 2. The van der Waals surface area contributed by atoms with Gasteiger partial charge >= 0.3 is 0 Å². The van der Waals surface area contributed by atoms with Crippen molar-refractivity contribution < 1.29 is 23.8 Å². The maximum atomic E-state index is 12.7. The fourth-order valence-corrected chi connectivity index (χ4v) is 3.64. The molecule has 1 aliphatic rings. The van der Waals surface area contributed by atoms with E-state index < -0.39 is 6.10 Å². The Labute approximate surface area is 187 Å². The zero-order valence-electron chi connectivity index (χ0n) is 17.9. The van der Waals surface area contributed by atoms with Crippen molar-refractivity contribution in [1.82, 2.24) is 10.2 Å². The lowest BCUT2D eigenvalue weighted by molar-refractivity contribution is -0.139. The van der Waals surface area contributed by atoms with Gasteiger partial charge in [0.1, 0.15) is 5.75 Å². The van der Waals surface area contributed by atoms with Gasteiger partial charge in [-0.2, -0.15) is 0 Å². The van der Waals surface area contributed by atoms with Crippen LogP contribution in [0.5, 0.6) is 17.2 Å². The normalized spacial score (nSPS) is 15.2. The lowest BCUT2D eigenvalue weighted by Crippen LogP contribution is -2.49. The number of piperidine rings is 1. The Hall–Kier alpha value is -2.93. The number of amides is 2. The van der Waals surface area contributed by atoms with Gasteiger partial charge < -0.3 is 24.4 Å². The Morgan fingerprint density at radius 1 is 1.03 bits per heavy atom. The van der Waals surface area contributed by atoms with E-state index in [1.165, 1.54) is 7.11 Å². The summed E-state index contributed by atoms with van der Waals surface area (Å²) in [5, 5.41) is 3.66. The summed E-state index contributed by atoms with van der Waals surface area (Å²) in [6, 6.07) is 12.0. The van der Waals surface area contributed by atoms with E-state index in [1.54, 1.807) is 61.4 Å². The summed E-state index contributed by atoms with van der Waals surface area (Å²) in [5.74, 6) is 1.43.